The van der Waals surface area contributed by atoms with Gasteiger partial charge in [0.2, 0.25) is 0 Å². The van der Waals surface area contributed by atoms with Crippen molar-refractivity contribution < 1.29 is 4.79 Å². The molecule has 3 nitrogen and oxygen atoms in total. The van der Waals surface area contributed by atoms with Crippen LogP contribution in [0, 0.1) is 6.92 Å². The van der Waals surface area contributed by atoms with Gasteiger partial charge in [-0.2, -0.15) is 0 Å². The zero-order valence-corrected chi connectivity index (χ0v) is 11.5. The zero-order chi connectivity index (χ0) is 13.1. The lowest BCUT2D eigenvalue weighted by Gasteiger charge is -2.08. The van der Waals surface area contributed by atoms with Crippen LogP contribution in [0.5, 0.6) is 0 Å². The summed E-state index contributed by atoms with van der Waals surface area (Å²) in [7, 11) is 0. The molecule has 1 amide bonds. The predicted octanol–water partition coefficient (Wildman–Crippen LogP) is 3.59. The van der Waals surface area contributed by atoms with Crippen molar-refractivity contribution in [3.8, 4) is 0 Å². The largest absolute Gasteiger partial charge is 0.398 e. The molecule has 2 aromatic carbocycles. The molecule has 18 heavy (non-hydrogen) atoms. The molecule has 0 aliphatic rings. The van der Waals surface area contributed by atoms with Crippen molar-refractivity contribution in [2.75, 3.05) is 11.1 Å². The van der Waals surface area contributed by atoms with Gasteiger partial charge in [-0.25, -0.2) is 0 Å². The van der Waals surface area contributed by atoms with E-state index in [0.717, 1.165) is 10.0 Å². The average molecular weight is 305 g/mol. The van der Waals surface area contributed by atoms with Crippen LogP contribution in [0.25, 0.3) is 0 Å². The van der Waals surface area contributed by atoms with Gasteiger partial charge in [0.1, 0.15) is 0 Å². The highest BCUT2D eigenvalue weighted by atomic mass is 79.9. The number of nitrogens with one attached hydrogen (secondary N) is 1. The van der Waals surface area contributed by atoms with Crippen molar-refractivity contribution in [2.45, 2.75) is 6.92 Å². The van der Waals surface area contributed by atoms with E-state index in [-0.39, 0.29) is 5.91 Å². The molecule has 0 heterocycles. The first kappa shape index (κ1) is 12.6. The van der Waals surface area contributed by atoms with Gasteiger partial charge >= 0.3 is 0 Å². The first-order valence-corrected chi connectivity index (χ1v) is 6.29. The Hall–Kier alpha value is -1.81. The Morgan fingerprint density at radius 1 is 1.22 bits per heavy atom. The third-order valence-corrected chi connectivity index (χ3v) is 3.33. The highest BCUT2D eigenvalue weighted by Gasteiger charge is 2.08. The molecule has 2 aromatic rings. The molecule has 92 valence electrons. The predicted molar refractivity (Wildman–Crippen MR) is 77.7 cm³/mol. The SMILES string of the molecule is Cc1ccccc1C(=O)Nc1ccc(N)c(Br)c1. The molecule has 2 rings (SSSR count). The van der Waals surface area contributed by atoms with Crippen LogP contribution in [0.15, 0.2) is 46.9 Å². The van der Waals surface area contributed by atoms with E-state index in [4.69, 9.17) is 5.73 Å². The van der Waals surface area contributed by atoms with Crippen molar-refractivity contribution >= 4 is 33.2 Å². The summed E-state index contributed by atoms with van der Waals surface area (Å²) in [5.41, 5.74) is 8.67. The molecule has 0 aliphatic heterocycles. The number of hydrogen-bond acceptors (Lipinski definition) is 2. The molecule has 0 radical (unpaired) electrons. The monoisotopic (exact) mass is 304 g/mol. The van der Waals surface area contributed by atoms with Crippen molar-refractivity contribution in [3.05, 3.63) is 58.1 Å². The number of amides is 1. The lowest BCUT2D eigenvalue weighted by Crippen LogP contribution is -2.13. The molecule has 4 heteroatoms. The Bertz CT molecular complexity index is 596. The summed E-state index contributed by atoms with van der Waals surface area (Å²) in [6.07, 6.45) is 0. The van der Waals surface area contributed by atoms with Gasteiger partial charge < -0.3 is 11.1 Å². The highest BCUT2D eigenvalue weighted by molar-refractivity contribution is 9.10. The molecule has 0 bridgehead atoms. The lowest BCUT2D eigenvalue weighted by atomic mass is 10.1. The molecular weight excluding hydrogens is 292 g/mol. The molecule has 0 aliphatic carbocycles. The summed E-state index contributed by atoms with van der Waals surface area (Å²) < 4.78 is 0.769. The summed E-state index contributed by atoms with van der Waals surface area (Å²) in [5.74, 6) is -0.121. The van der Waals surface area contributed by atoms with Gasteiger partial charge in [-0.3, -0.25) is 4.79 Å². The second kappa shape index (κ2) is 5.23. The smallest absolute Gasteiger partial charge is 0.255 e. The highest BCUT2D eigenvalue weighted by Crippen LogP contribution is 2.23. The molecule has 0 saturated carbocycles. The molecule has 0 fully saturated rings. The first-order chi connectivity index (χ1) is 8.58. The number of benzene rings is 2. The van der Waals surface area contributed by atoms with Crippen molar-refractivity contribution in [3.63, 3.8) is 0 Å². The van der Waals surface area contributed by atoms with Crippen LogP contribution in [-0.4, -0.2) is 5.91 Å². The second-order valence-corrected chi connectivity index (χ2v) is 4.86. The van der Waals surface area contributed by atoms with Crippen molar-refractivity contribution in [2.24, 2.45) is 0 Å². The first-order valence-electron chi connectivity index (χ1n) is 5.50. The molecule has 3 N–H and O–H groups in total. The number of nitrogens with two attached hydrogens (primary N) is 1. The number of hydrogen-bond donors (Lipinski definition) is 2. The molecule has 0 spiro atoms. The third kappa shape index (κ3) is 2.71. The maximum Gasteiger partial charge on any atom is 0.255 e. The van der Waals surface area contributed by atoms with Crippen LogP contribution >= 0.6 is 15.9 Å². The minimum atomic E-state index is -0.121. The van der Waals surface area contributed by atoms with Crippen LogP contribution in [0.4, 0.5) is 11.4 Å². The maximum atomic E-state index is 12.1. The van der Waals surface area contributed by atoms with E-state index >= 15 is 0 Å². The summed E-state index contributed by atoms with van der Waals surface area (Å²) in [6, 6.07) is 12.8. The van der Waals surface area contributed by atoms with Crippen LogP contribution in [0.1, 0.15) is 15.9 Å². The fourth-order valence-electron chi connectivity index (χ4n) is 1.63. The van der Waals surface area contributed by atoms with E-state index in [2.05, 4.69) is 21.2 Å². The molecule has 0 atom stereocenters. The molecule has 0 unspecified atom stereocenters. The summed E-state index contributed by atoms with van der Waals surface area (Å²) >= 11 is 3.33. The van der Waals surface area contributed by atoms with Crippen molar-refractivity contribution in [1.82, 2.24) is 0 Å². The Labute approximate surface area is 114 Å². The van der Waals surface area contributed by atoms with Crippen LogP contribution in [0.3, 0.4) is 0 Å². The summed E-state index contributed by atoms with van der Waals surface area (Å²) in [4.78, 5) is 12.1. The number of halogens is 1. The van der Waals surface area contributed by atoms with E-state index < -0.39 is 0 Å². The van der Waals surface area contributed by atoms with Gasteiger partial charge in [-0.15, -0.1) is 0 Å². The van der Waals surface area contributed by atoms with Crippen LogP contribution in [-0.2, 0) is 0 Å². The molecule has 0 aromatic heterocycles. The lowest BCUT2D eigenvalue weighted by molar-refractivity contribution is 0.102. The quantitative estimate of drug-likeness (QED) is 0.833. The number of aryl methyl sites for hydroxylation is 1. The van der Waals surface area contributed by atoms with Gasteiger partial charge in [0.05, 0.1) is 0 Å². The average Bonchev–Trinajstić information content (AvgIpc) is 2.34. The van der Waals surface area contributed by atoms with Gasteiger partial charge in [-0.1, -0.05) is 18.2 Å². The standard InChI is InChI=1S/C14H13BrN2O/c1-9-4-2-3-5-11(9)14(18)17-10-6-7-13(16)12(15)8-10/h2-8H,16H2,1H3,(H,17,18). The third-order valence-electron chi connectivity index (χ3n) is 2.65. The summed E-state index contributed by atoms with van der Waals surface area (Å²) in [6.45, 7) is 1.91. The second-order valence-electron chi connectivity index (χ2n) is 4.01. The normalized spacial score (nSPS) is 10.1. The maximum absolute atomic E-state index is 12.1. The Kier molecular flexibility index (Phi) is 3.67. The van der Waals surface area contributed by atoms with Gasteiger partial charge in [0, 0.05) is 21.4 Å². The van der Waals surface area contributed by atoms with Gasteiger partial charge in [0.25, 0.3) is 5.91 Å². The fourth-order valence-corrected chi connectivity index (χ4v) is 2.01. The van der Waals surface area contributed by atoms with E-state index in [1.807, 2.05) is 25.1 Å². The number of carbonyl (C=O) groups excluding carboxylic acids is 1. The zero-order valence-electron chi connectivity index (χ0n) is 9.91. The Morgan fingerprint density at radius 3 is 2.61 bits per heavy atom. The number of rotatable bonds is 2. The number of nitrogen functional groups attached to an aromatic ring is 1. The van der Waals surface area contributed by atoms with Crippen LogP contribution < -0.4 is 11.1 Å². The minimum Gasteiger partial charge on any atom is -0.398 e. The topological polar surface area (TPSA) is 55.1 Å². The van der Waals surface area contributed by atoms with Crippen molar-refractivity contribution in [1.29, 1.82) is 0 Å². The van der Waals surface area contributed by atoms with E-state index in [0.29, 0.717) is 16.9 Å². The van der Waals surface area contributed by atoms with E-state index in [1.165, 1.54) is 0 Å². The Morgan fingerprint density at radius 2 is 1.94 bits per heavy atom. The summed E-state index contributed by atoms with van der Waals surface area (Å²) in [5, 5.41) is 2.84. The minimum absolute atomic E-state index is 0.121. The number of anilines is 2. The molecular formula is C14H13BrN2O. The Balaban J connectivity index is 2.22. The van der Waals surface area contributed by atoms with Gasteiger partial charge in [-0.05, 0) is 52.7 Å². The fraction of sp³-hybridized carbons (Fsp3) is 0.0714. The van der Waals surface area contributed by atoms with E-state index in [1.54, 1.807) is 24.3 Å². The molecule has 0 saturated heterocycles. The number of carbonyl (C=O) groups is 1. The van der Waals surface area contributed by atoms with E-state index in [9.17, 15) is 4.79 Å². The van der Waals surface area contributed by atoms with Gasteiger partial charge in [0.15, 0.2) is 0 Å². The van der Waals surface area contributed by atoms with Crippen LogP contribution in [0.2, 0.25) is 0 Å².